The van der Waals surface area contributed by atoms with Crippen molar-refractivity contribution in [2.24, 2.45) is 5.92 Å². The van der Waals surface area contributed by atoms with Gasteiger partial charge in [0.15, 0.2) is 6.10 Å². The van der Waals surface area contributed by atoms with Gasteiger partial charge in [-0.2, -0.15) is 0 Å². The van der Waals surface area contributed by atoms with E-state index in [1.165, 1.54) is 24.3 Å². The van der Waals surface area contributed by atoms with Gasteiger partial charge in [-0.1, -0.05) is 41.4 Å². The molecular formula is C27H17Cl2FN2O4. The summed E-state index contributed by atoms with van der Waals surface area (Å²) < 4.78 is 19.7. The number of fused-ring (bicyclic) bond motifs is 1. The van der Waals surface area contributed by atoms with E-state index in [1.807, 2.05) is 30.3 Å². The molecule has 3 heterocycles. The summed E-state index contributed by atoms with van der Waals surface area (Å²) in [6.07, 6.45) is -1.06. The van der Waals surface area contributed by atoms with Crippen molar-refractivity contribution in [2.45, 2.75) is 12.1 Å². The molecule has 0 aliphatic carbocycles. The van der Waals surface area contributed by atoms with Crippen LogP contribution in [0.5, 0.6) is 0 Å². The van der Waals surface area contributed by atoms with Crippen LogP contribution in [-0.4, -0.2) is 17.9 Å². The minimum absolute atomic E-state index is 0.283. The first-order chi connectivity index (χ1) is 17.4. The number of benzene rings is 3. The summed E-state index contributed by atoms with van der Waals surface area (Å²) in [4.78, 5) is 34.1. The summed E-state index contributed by atoms with van der Waals surface area (Å²) in [7, 11) is 0. The van der Waals surface area contributed by atoms with Gasteiger partial charge in [-0.25, -0.2) is 14.4 Å². The minimum Gasteiger partial charge on any atom is -0.459 e. The highest BCUT2D eigenvalue weighted by Crippen LogP contribution is 2.48. The molecular weight excluding hydrogens is 506 g/mol. The van der Waals surface area contributed by atoms with Crippen LogP contribution in [0.4, 0.5) is 15.8 Å². The van der Waals surface area contributed by atoms with Crippen LogP contribution in [0, 0.1) is 11.7 Å². The molecule has 2 fully saturated rings. The first kappa shape index (κ1) is 22.8. The number of hydroxylamine groups is 1. The first-order valence-electron chi connectivity index (χ1n) is 11.1. The van der Waals surface area contributed by atoms with Gasteiger partial charge >= 0.3 is 0 Å². The van der Waals surface area contributed by atoms with Crippen LogP contribution in [0.25, 0.3) is 11.3 Å². The van der Waals surface area contributed by atoms with Crippen molar-refractivity contribution < 1.29 is 23.2 Å². The maximum atomic E-state index is 13.6. The molecule has 6 nitrogen and oxygen atoms in total. The zero-order valence-electron chi connectivity index (χ0n) is 18.5. The van der Waals surface area contributed by atoms with Crippen LogP contribution < -0.4 is 9.96 Å². The second kappa shape index (κ2) is 8.78. The van der Waals surface area contributed by atoms with Gasteiger partial charge in [0.1, 0.15) is 29.3 Å². The molecule has 0 spiro atoms. The molecule has 2 aliphatic heterocycles. The lowest BCUT2D eigenvalue weighted by atomic mass is 9.94. The molecule has 0 unspecified atom stereocenters. The molecule has 2 aliphatic rings. The second-order valence-corrected chi connectivity index (χ2v) is 9.29. The van der Waals surface area contributed by atoms with E-state index in [0.717, 1.165) is 4.90 Å². The van der Waals surface area contributed by atoms with Crippen molar-refractivity contribution in [1.29, 1.82) is 0 Å². The molecule has 1 aromatic heterocycles. The van der Waals surface area contributed by atoms with Gasteiger partial charge in [0, 0.05) is 5.56 Å². The molecule has 6 rings (SSSR count). The number of hydrogen-bond donors (Lipinski definition) is 0. The standard InChI is InChI=1S/C27H17Cl2FN2O4/c28-19-11-6-15(14-20(19)29)21-12-13-22(35-21)24-23-25(36-32(24)18-4-2-1-3-5-18)27(34)31(26(23)33)17-9-7-16(30)8-10-17/h1-14,23-25H/t23-,24+,25+/m1/s1. The number of furan rings is 1. The summed E-state index contributed by atoms with van der Waals surface area (Å²) in [5.41, 5.74) is 1.66. The number of nitrogens with zero attached hydrogens (tertiary/aromatic N) is 2. The molecule has 2 amide bonds. The number of anilines is 2. The largest absolute Gasteiger partial charge is 0.459 e. The highest BCUT2D eigenvalue weighted by atomic mass is 35.5. The highest BCUT2D eigenvalue weighted by molar-refractivity contribution is 6.42. The molecule has 180 valence electrons. The maximum absolute atomic E-state index is 13.6. The van der Waals surface area contributed by atoms with Gasteiger partial charge in [-0.05, 0) is 66.7 Å². The van der Waals surface area contributed by atoms with Crippen molar-refractivity contribution in [1.82, 2.24) is 0 Å². The average molecular weight is 523 g/mol. The number of imide groups is 1. The quantitative estimate of drug-likeness (QED) is 0.288. The summed E-state index contributed by atoms with van der Waals surface area (Å²) in [5, 5.41) is 2.35. The normalized spacial score (nSPS) is 21.4. The third-order valence-electron chi connectivity index (χ3n) is 6.33. The molecule has 3 atom stereocenters. The Hall–Kier alpha value is -3.65. The summed E-state index contributed by atoms with van der Waals surface area (Å²) in [6.45, 7) is 0. The molecule has 3 aromatic carbocycles. The summed E-state index contributed by atoms with van der Waals surface area (Å²) >= 11 is 12.2. The fourth-order valence-corrected chi connectivity index (χ4v) is 4.96. The van der Waals surface area contributed by atoms with E-state index in [9.17, 15) is 14.0 Å². The number of halogens is 3. The topological polar surface area (TPSA) is 63.0 Å². The average Bonchev–Trinajstić information content (AvgIpc) is 3.58. The summed E-state index contributed by atoms with van der Waals surface area (Å²) in [6, 6.07) is 22.3. The number of rotatable bonds is 4. The van der Waals surface area contributed by atoms with Gasteiger partial charge in [0.05, 0.1) is 21.4 Å². The third-order valence-corrected chi connectivity index (χ3v) is 7.07. The van der Waals surface area contributed by atoms with Crippen molar-refractivity contribution in [3.05, 3.63) is 107 Å². The van der Waals surface area contributed by atoms with E-state index in [1.54, 1.807) is 35.4 Å². The Bertz CT molecular complexity index is 1470. The maximum Gasteiger partial charge on any atom is 0.266 e. The van der Waals surface area contributed by atoms with Crippen LogP contribution >= 0.6 is 23.2 Å². The van der Waals surface area contributed by atoms with Crippen LogP contribution in [0.15, 0.2) is 89.3 Å². The Balaban J connectivity index is 1.41. The van der Waals surface area contributed by atoms with Gasteiger partial charge in [0.25, 0.3) is 5.91 Å². The van der Waals surface area contributed by atoms with Crippen molar-refractivity contribution in [3.63, 3.8) is 0 Å². The number of para-hydroxylation sites is 1. The molecule has 9 heteroatoms. The Kier molecular flexibility index (Phi) is 5.56. The van der Waals surface area contributed by atoms with Gasteiger partial charge in [-0.15, -0.1) is 0 Å². The van der Waals surface area contributed by atoms with E-state index in [0.29, 0.717) is 32.8 Å². The van der Waals surface area contributed by atoms with Crippen molar-refractivity contribution in [3.8, 4) is 11.3 Å². The Morgan fingerprint density at radius 3 is 2.25 bits per heavy atom. The van der Waals surface area contributed by atoms with Crippen molar-refractivity contribution >= 4 is 46.4 Å². The van der Waals surface area contributed by atoms with E-state index >= 15 is 0 Å². The van der Waals surface area contributed by atoms with E-state index in [-0.39, 0.29) is 5.69 Å². The van der Waals surface area contributed by atoms with Crippen LogP contribution in [0.2, 0.25) is 10.0 Å². The monoisotopic (exact) mass is 522 g/mol. The predicted octanol–water partition coefficient (Wildman–Crippen LogP) is 6.44. The number of carbonyl (C=O) groups excluding carboxylic acids is 2. The van der Waals surface area contributed by atoms with E-state index in [2.05, 4.69) is 0 Å². The van der Waals surface area contributed by atoms with Gasteiger partial charge in [0.2, 0.25) is 5.91 Å². The SMILES string of the molecule is O=C1[C@H]2[C@H](ON(c3ccccc3)[C@H]2c2ccc(-c3ccc(Cl)c(Cl)c3)o2)C(=O)N1c1ccc(F)cc1. The lowest BCUT2D eigenvalue weighted by Gasteiger charge is -2.27. The van der Waals surface area contributed by atoms with Crippen LogP contribution in [0.1, 0.15) is 11.8 Å². The van der Waals surface area contributed by atoms with Crippen LogP contribution in [-0.2, 0) is 14.4 Å². The Labute approximate surface area is 215 Å². The number of amides is 2. The third kappa shape index (κ3) is 3.67. The fraction of sp³-hybridized carbons (Fsp3) is 0.111. The van der Waals surface area contributed by atoms with E-state index < -0.39 is 35.7 Å². The zero-order valence-corrected chi connectivity index (χ0v) is 20.0. The lowest BCUT2D eigenvalue weighted by Crippen LogP contribution is -2.37. The molecule has 4 aromatic rings. The Morgan fingerprint density at radius 1 is 0.778 bits per heavy atom. The summed E-state index contributed by atoms with van der Waals surface area (Å²) in [5.74, 6) is -1.35. The van der Waals surface area contributed by atoms with Gasteiger partial charge in [-0.3, -0.25) is 14.4 Å². The second-order valence-electron chi connectivity index (χ2n) is 8.48. The van der Waals surface area contributed by atoms with Gasteiger partial charge < -0.3 is 4.42 Å². The molecule has 0 radical (unpaired) electrons. The molecule has 2 saturated heterocycles. The van der Waals surface area contributed by atoms with Crippen LogP contribution in [0.3, 0.4) is 0 Å². The zero-order chi connectivity index (χ0) is 25.0. The first-order valence-corrected chi connectivity index (χ1v) is 11.9. The van der Waals surface area contributed by atoms with Crippen molar-refractivity contribution in [2.75, 3.05) is 9.96 Å². The molecule has 0 saturated carbocycles. The Morgan fingerprint density at radius 2 is 1.53 bits per heavy atom. The molecule has 0 N–H and O–H groups in total. The minimum atomic E-state index is -1.06. The molecule has 36 heavy (non-hydrogen) atoms. The predicted molar refractivity (Wildman–Crippen MR) is 133 cm³/mol. The highest BCUT2D eigenvalue weighted by Gasteiger charge is 2.61. The number of carbonyl (C=O) groups is 2. The fourth-order valence-electron chi connectivity index (χ4n) is 4.66. The smallest absolute Gasteiger partial charge is 0.266 e. The number of hydrogen-bond acceptors (Lipinski definition) is 5. The molecule has 0 bridgehead atoms. The lowest BCUT2D eigenvalue weighted by molar-refractivity contribution is -0.126. The van der Waals surface area contributed by atoms with E-state index in [4.69, 9.17) is 32.5 Å².